The number of ether oxygens (including phenoxy) is 1. The topological polar surface area (TPSA) is 103 Å². The van der Waals surface area contributed by atoms with E-state index in [9.17, 15) is 0 Å². The summed E-state index contributed by atoms with van der Waals surface area (Å²) in [5.41, 5.74) is 6.84. The number of nitrogens with zero attached hydrogens (tertiary/aromatic N) is 3. The summed E-state index contributed by atoms with van der Waals surface area (Å²) in [4.78, 5) is 11.0. The summed E-state index contributed by atoms with van der Waals surface area (Å²) in [6, 6.07) is -0.335. The molecule has 7 nitrogen and oxygen atoms in total. The lowest BCUT2D eigenvalue weighted by atomic mass is 10.2. The number of rotatable bonds is 5. The molecule has 0 spiro atoms. The van der Waals surface area contributed by atoms with E-state index in [-0.39, 0.29) is 6.04 Å². The summed E-state index contributed by atoms with van der Waals surface area (Å²) >= 11 is 0. The van der Waals surface area contributed by atoms with Gasteiger partial charge in [0.2, 0.25) is 5.89 Å². The van der Waals surface area contributed by atoms with Gasteiger partial charge in [-0.1, -0.05) is 5.16 Å². The van der Waals surface area contributed by atoms with Crippen LogP contribution in [0.25, 0.3) is 0 Å². The Labute approximate surface area is 92.0 Å². The molecule has 0 saturated carbocycles. The SMILES string of the molecule is COCc1noc([C@@H](N)Cc2cnc[nH]2)n1. The second-order valence-corrected chi connectivity index (χ2v) is 3.37. The lowest BCUT2D eigenvalue weighted by Gasteiger charge is -2.03. The zero-order valence-electron chi connectivity index (χ0n) is 8.88. The van der Waals surface area contributed by atoms with Crippen molar-refractivity contribution in [3.63, 3.8) is 0 Å². The Morgan fingerprint density at radius 2 is 2.50 bits per heavy atom. The Morgan fingerprint density at radius 3 is 3.19 bits per heavy atom. The fraction of sp³-hybridized carbons (Fsp3) is 0.444. The van der Waals surface area contributed by atoms with Gasteiger partial charge in [0.1, 0.15) is 6.61 Å². The van der Waals surface area contributed by atoms with Gasteiger partial charge in [-0.2, -0.15) is 4.98 Å². The molecule has 0 fully saturated rings. The average molecular weight is 223 g/mol. The van der Waals surface area contributed by atoms with Crippen LogP contribution < -0.4 is 5.73 Å². The van der Waals surface area contributed by atoms with Gasteiger partial charge in [-0.05, 0) is 0 Å². The zero-order chi connectivity index (χ0) is 11.4. The first-order valence-corrected chi connectivity index (χ1v) is 4.84. The Balaban J connectivity index is 2.00. The molecule has 1 atom stereocenters. The number of nitrogens with two attached hydrogens (primary N) is 1. The highest BCUT2D eigenvalue weighted by Crippen LogP contribution is 2.12. The predicted molar refractivity (Wildman–Crippen MR) is 54.2 cm³/mol. The smallest absolute Gasteiger partial charge is 0.244 e. The van der Waals surface area contributed by atoms with Crippen LogP contribution in [0, 0.1) is 0 Å². The van der Waals surface area contributed by atoms with Crippen molar-refractivity contribution in [3.05, 3.63) is 29.9 Å². The van der Waals surface area contributed by atoms with Crippen molar-refractivity contribution in [2.24, 2.45) is 5.73 Å². The molecule has 7 heteroatoms. The van der Waals surface area contributed by atoms with Crippen LogP contribution in [0.1, 0.15) is 23.5 Å². The molecule has 86 valence electrons. The second-order valence-electron chi connectivity index (χ2n) is 3.37. The fourth-order valence-electron chi connectivity index (χ4n) is 1.33. The van der Waals surface area contributed by atoms with Crippen molar-refractivity contribution in [2.75, 3.05) is 7.11 Å². The number of H-pyrrole nitrogens is 1. The van der Waals surface area contributed by atoms with Gasteiger partial charge in [-0.15, -0.1) is 0 Å². The van der Waals surface area contributed by atoms with Crippen molar-refractivity contribution < 1.29 is 9.26 Å². The van der Waals surface area contributed by atoms with E-state index in [2.05, 4.69) is 20.1 Å². The van der Waals surface area contributed by atoms with Gasteiger partial charge in [0.05, 0.1) is 12.4 Å². The number of imidazole rings is 1. The average Bonchev–Trinajstić information content (AvgIpc) is 2.89. The molecule has 2 heterocycles. The minimum absolute atomic E-state index is 0.320. The summed E-state index contributed by atoms with van der Waals surface area (Å²) in [6.45, 7) is 0.320. The summed E-state index contributed by atoms with van der Waals surface area (Å²) < 4.78 is 9.91. The molecule has 0 bridgehead atoms. The third-order valence-electron chi connectivity index (χ3n) is 2.07. The molecule has 2 rings (SSSR count). The van der Waals surface area contributed by atoms with Gasteiger partial charge in [0.25, 0.3) is 0 Å². The van der Waals surface area contributed by atoms with E-state index in [1.807, 2.05) is 0 Å². The first-order chi connectivity index (χ1) is 7.79. The summed E-state index contributed by atoms with van der Waals surface area (Å²) in [6.07, 6.45) is 3.90. The van der Waals surface area contributed by atoms with Crippen molar-refractivity contribution in [1.82, 2.24) is 20.1 Å². The summed E-state index contributed by atoms with van der Waals surface area (Å²) in [5, 5.41) is 3.74. The number of methoxy groups -OCH3 is 1. The Kier molecular flexibility index (Phi) is 3.28. The summed E-state index contributed by atoms with van der Waals surface area (Å²) in [7, 11) is 1.57. The Morgan fingerprint density at radius 1 is 1.62 bits per heavy atom. The van der Waals surface area contributed by atoms with E-state index in [1.54, 1.807) is 19.6 Å². The molecular weight excluding hydrogens is 210 g/mol. The second kappa shape index (κ2) is 4.86. The van der Waals surface area contributed by atoms with Crippen LogP contribution >= 0.6 is 0 Å². The van der Waals surface area contributed by atoms with Crippen LogP contribution in [-0.4, -0.2) is 27.2 Å². The van der Waals surface area contributed by atoms with Crippen molar-refractivity contribution in [3.8, 4) is 0 Å². The molecule has 0 amide bonds. The van der Waals surface area contributed by atoms with Gasteiger partial charge in [-0.3, -0.25) is 0 Å². The highest BCUT2D eigenvalue weighted by Gasteiger charge is 2.15. The molecular formula is C9H13N5O2. The lowest BCUT2D eigenvalue weighted by Crippen LogP contribution is -2.14. The van der Waals surface area contributed by atoms with E-state index >= 15 is 0 Å². The highest BCUT2D eigenvalue weighted by molar-refractivity contribution is 5.01. The molecule has 2 aromatic rings. The fourth-order valence-corrected chi connectivity index (χ4v) is 1.33. The molecule has 2 aromatic heterocycles. The van der Waals surface area contributed by atoms with E-state index < -0.39 is 0 Å². The van der Waals surface area contributed by atoms with Gasteiger partial charge in [-0.25, -0.2) is 4.98 Å². The van der Waals surface area contributed by atoms with Gasteiger partial charge >= 0.3 is 0 Å². The number of aromatic nitrogens is 4. The maximum Gasteiger partial charge on any atom is 0.244 e. The first kappa shape index (κ1) is 10.8. The molecule has 0 aliphatic carbocycles. The van der Waals surface area contributed by atoms with Crippen LogP contribution in [0.4, 0.5) is 0 Å². The zero-order valence-corrected chi connectivity index (χ0v) is 8.88. The number of aromatic amines is 1. The number of hydrogen-bond acceptors (Lipinski definition) is 6. The quantitative estimate of drug-likeness (QED) is 0.749. The van der Waals surface area contributed by atoms with Crippen LogP contribution in [0.2, 0.25) is 0 Å². The van der Waals surface area contributed by atoms with E-state index in [0.29, 0.717) is 24.7 Å². The molecule has 0 aliphatic rings. The highest BCUT2D eigenvalue weighted by atomic mass is 16.5. The van der Waals surface area contributed by atoms with E-state index in [1.165, 1.54) is 0 Å². The molecule has 0 aromatic carbocycles. The third-order valence-corrected chi connectivity index (χ3v) is 2.07. The van der Waals surface area contributed by atoms with Crippen molar-refractivity contribution >= 4 is 0 Å². The molecule has 3 N–H and O–H groups in total. The molecule has 16 heavy (non-hydrogen) atoms. The van der Waals surface area contributed by atoms with Gasteiger partial charge in [0, 0.05) is 25.4 Å². The standard InChI is InChI=1S/C9H13N5O2/c1-15-4-8-13-9(16-14-8)7(10)2-6-3-11-5-12-6/h3,5,7H,2,4,10H2,1H3,(H,11,12)/t7-/m0/s1. The minimum atomic E-state index is -0.335. The summed E-state index contributed by atoms with van der Waals surface area (Å²) in [5.74, 6) is 0.902. The Bertz CT molecular complexity index is 425. The van der Waals surface area contributed by atoms with Crippen LogP contribution in [0.3, 0.4) is 0 Å². The Hall–Kier alpha value is -1.73. The van der Waals surface area contributed by atoms with E-state index in [0.717, 1.165) is 5.69 Å². The first-order valence-electron chi connectivity index (χ1n) is 4.84. The monoisotopic (exact) mass is 223 g/mol. The van der Waals surface area contributed by atoms with Gasteiger partial charge < -0.3 is 20.0 Å². The molecule has 0 aliphatic heterocycles. The van der Waals surface area contributed by atoms with E-state index in [4.69, 9.17) is 15.0 Å². The maximum absolute atomic E-state index is 5.91. The van der Waals surface area contributed by atoms with Crippen LogP contribution in [0.5, 0.6) is 0 Å². The predicted octanol–water partition coefficient (Wildman–Crippen LogP) is 0.182. The normalized spacial score (nSPS) is 12.9. The van der Waals surface area contributed by atoms with Crippen LogP contribution in [-0.2, 0) is 17.8 Å². The molecule has 0 unspecified atom stereocenters. The third kappa shape index (κ3) is 2.44. The molecule has 0 radical (unpaired) electrons. The van der Waals surface area contributed by atoms with Gasteiger partial charge in [0.15, 0.2) is 5.82 Å². The largest absolute Gasteiger partial charge is 0.377 e. The van der Waals surface area contributed by atoms with Crippen molar-refractivity contribution in [2.45, 2.75) is 19.1 Å². The van der Waals surface area contributed by atoms with Crippen molar-refractivity contribution in [1.29, 1.82) is 0 Å². The minimum Gasteiger partial charge on any atom is -0.377 e. The molecule has 0 saturated heterocycles. The number of nitrogens with one attached hydrogen (secondary N) is 1. The maximum atomic E-state index is 5.91. The number of hydrogen-bond donors (Lipinski definition) is 2. The lowest BCUT2D eigenvalue weighted by molar-refractivity contribution is 0.174. The van der Waals surface area contributed by atoms with Crippen LogP contribution in [0.15, 0.2) is 17.0 Å².